The Morgan fingerprint density at radius 1 is 1.37 bits per heavy atom. The Balaban J connectivity index is 2.32. The predicted molar refractivity (Wildman–Crippen MR) is 52.4 cm³/mol. The smallest absolute Gasteiger partial charge is 0.471 e. The van der Waals surface area contributed by atoms with E-state index < -0.39 is 24.0 Å². The third-order valence-electron chi connectivity index (χ3n) is 1.92. The zero-order valence-corrected chi connectivity index (χ0v) is 8.84. The van der Waals surface area contributed by atoms with Crippen LogP contribution >= 0.6 is 0 Å². The topological polar surface area (TPSA) is 109 Å². The van der Waals surface area contributed by atoms with E-state index in [1.807, 2.05) is 0 Å². The zero-order valence-electron chi connectivity index (χ0n) is 8.84. The highest BCUT2D eigenvalue weighted by Gasteiger charge is 2.39. The summed E-state index contributed by atoms with van der Waals surface area (Å²) in [4.78, 5) is 28.3. The number of carboxylic acid groups (broad SMARTS) is 1. The summed E-state index contributed by atoms with van der Waals surface area (Å²) >= 11 is 0. The van der Waals surface area contributed by atoms with Crippen LogP contribution < -0.4 is 5.32 Å². The highest BCUT2D eigenvalue weighted by atomic mass is 19.4. The molecular weight excluding hydrogens is 271 g/mol. The molecule has 2 aromatic heterocycles. The van der Waals surface area contributed by atoms with Gasteiger partial charge in [-0.25, -0.2) is 14.3 Å². The molecule has 0 saturated heterocycles. The number of fused-ring (bicyclic) bond motifs is 1. The molecule has 0 fully saturated rings. The van der Waals surface area contributed by atoms with Crippen LogP contribution in [-0.2, 0) is 4.79 Å². The number of aromatic carboxylic acids is 1. The van der Waals surface area contributed by atoms with Crippen LogP contribution in [0.4, 0.5) is 19.1 Å². The van der Waals surface area contributed by atoms with Crippen LogP contribution in [0.3, 0.4) is 0 Å². The number of carboxylic acids is 1. The van der Waals surface area contributed by atoms with Crippen molar-refractivity contribution in [1.82, 2.24) is 19.6 Å². The lowest BCUT2D eigenvalue weighted by atomic mass is 10.4. The minimum absolute atomic E-state index is 0.150. The summed E-state index contributed by atoms with van der Waals surface area (Å²) in [6, 6.07) is 0. The Bertz CT molecular complexity index is 665. The molecule has 19 heavy (non-hydrogen) atoms. The van der Waals surface area contributed by atoms with Gasteiger partial charge >= 0.3 is 18.1 Å². The van der Waals surface area contributed by atoms with Crippen molar-refractivity contribution in [3.8, 4) is 0 Å². The lowest BCUT2D eigenvalue weighted by Crippen LogP contribution is -2.30. The molecular formula is C8H4F3N5O3. The number of amides is 1. The molecule has 0 aromatic carbocycles. The third-order valence-corrected chi connectivity index (χ3v) is 1.92. The monoisotopic (exact) mass is 275 g/mol. The van der Waals surface area contributed by atoms with Crippen LogP contribution in [0.2, 0.25) is 0 Å². The number of hydrogen-bond acceptors (Lipinski definition) is 5. The molecule has 2 heterocycles. The summed E-state index contributed by atoms with van der Waals surface area (Å²) in [5, 5.41) is 13.6. The van der Waals surface area contributed by atoms with Gasteiger partial charge in [-0.15, -0.1) is 5.10 Å². The zero-order chi connectivity index (χ0) is 14.2. The number of anilines is 1. The van der Waals surface area contributed by atoms with Crippen LogP contribution in [0, 0.1) is 0 Å². The van der Waals surface area contributed by atoms with Crippen molar-refractivity contribution in [3.63, 3.8) is 0 Å². The van der Waals surface area contributed by atoms with Crippen molar-refractivity contribution in [2.45, 2.75) is 6.18 Å². The van der Waals surface area contributed by atoms with E-state index in [4.69, 9.17) is 5.11 Å². The maximum Gasteiger partial charge on any atom is 0.471 e. The van der Waals surface area contributed by atoms with Gasteiger partial charge in [-0.2, -0.15) is 18.2 Å². The molecule has 0 aliphatic carbocycles. The van der Waals surface area contributed by atoms with E-state index in [2.05, 4.69) is 15.1 Å². The number of alkyl halides is 3. The average molecular weight is 275 g/mol. The lowest BCUT2D eigenvalue weighted by molar-refractivity contribution is -0.167. The second-order valence-electron chi connectivity index (χ2n) is 3.28. The van der Waals surface area contributed by atoms with Crippen LogP contribution in [0.5, 0.6) is 0 Å². The van der Waals surface area contributed by atoms with Gasteiger partial charge in [0.15, 0.2) is 0 Å². The first-order chi connectivity index (χ1) is 8.77. The van der Waals surface area contributed by atoms with Crippen LogP contribution in [-0.4, -0.2) is 42.7 Å². The third kappa shape index (κ3) is 2.59. The molecule has 2 rings (SSSR count). The minimum atomic E-state index is -5.07. The molecule has 0 atom stereocenters. The Kier molecular flexibility index (Phi) is 2.81. The number of aromatic nitrogens is 4. The molecule has 1 amide bonds. The summed E-state index contributed by atoms with van der Waals surface area (Å²) in [5.74, 6) is -4.30. The van der Waals surface area contributed by atoms with Crippen molar-refractivity contribution in [2.24, 2.45) is 0 Å². The molecule has 0 aliphatic heterocycles. The molecule has 0 saturated carbocycles. The number of rotatable bonds is 2. The first-order valence-electron chi connectivity index (χ1n) is 4.61. The molecule has 0 aliphatic rings. The number of carbonyl (C=O) groups is 2. The summed E-state index contributed by atoms with van der Waals surface area (Å²) < 4.78 is 36.8. The number of hydrogen-bond donors (Lipinski definition) is 2. The highest BCUT2D eigenvalue weighted by Crippen LogP contribution is 2.16. The average Bonchev–Trinajstić information content (AvgIpc) is 2.68. The Morgan fingerprint density at radius 2 is 2.05 bits per heavy atom. The summed E-state index contributed by atoms with van der Waals surface area (Å²) in [5.41, 5.74) is -0.230. The first-order valence-corrected chi connectivity index (χ1v) is 4.61. The summed E-state index contributed by atoms with van der Waals surface area (Å²) in [6.45, 7) is 0. The number of carbonyl (C=O) groups excluding carboxylic acids is 1. The van der Waals surface area contributed by atoms with Gasteiger partial charge < -0.3 is 5.11 Å². The van der Waals surface area contributed by atoms with Crippen molar-refractivity contribution in [3.05, 3.63) is 18.0 Å². The molecule has 0 bridgehead atoms. The van der Waals surface area contributed by atoms with Gasteiger partial charge in [-0.3, -0.25) is 10.1 Å². The second-order valence-corrected chi connectivity index (χ2v) is 3.28. The van der Waals surface area contributed by atoms with E-state index in [9.17, 15) is 22.8 Å². The molecule has 2 N–H and O–H groups in total. The van der Waals surface area contributed by atoms with Crippen LogP contribution in [0.25, 0.3) is 5.78 Å². The lowest BCUT2D eigenvalue weighted by Gasteiger charge is -2.03. The number of nitrogens with one attached hydrogen (secondary N) is 1. The second kappa shape index (κ2) is 4.19. The summed E-state index contributed by atoms with van der Waals surface area (Å²) in [6.07, 6.45) is -3.11. The van der Waals surface area contributed by atoms with Gasteiger partial charge in [0, 0.05) is 12.4 Å². The molecule has 11 heteroatoms. The van der Waals surface area contributed by atoms with Gasteiger partial charge in [0.25, 0.3) is 11.7 Å². The standard InChI is InChI=1S/C8H4F3N5O3/c9-8(10,11)5(19)13-6-14-7-12-1-3(4(17)18)2-16(7)15-6/h1-2H,(H,17,18)(H,13,15,19). The fourth-order valence-corrected chi connectivity index (χ4v) is 1.12. The van der Waals surface area contributed by atoms with Gasteiger partial charge in [-0.05, 0) is 0 Å². The van der Waals surface area contributed by atoms with E-state index in [1.165, 1.54) is 5.32 Å². The molecule has 8 nitrogen and oxygen atoms in total. The maximum atomic E-state index is 12.0. The fourth-order valence-electron chi connectivity index (χ4n) is 1.12. The number of nitrogens with zero attached hydrogens (tertiary/aromatic N) is 4. The van der Waals surface area contributed by atoms with Gasteiger partial charge in [0.2, 0.25) is 0 Å². The van der Waals surface area contributed by atoms with E-state index in [-0.39, 0.29) is 11.3 Å². The van der Waals surface area contributed by atoms with Crippen molar-refractivity contribution < 1.29 is 27.9 Å². The maximum absolute atomic E-state index is 12.0. The van der Waals surface area contributed by atoms with E-state index in [1.54, 1.807) is 0 Å². The Labute approximate surface area is 101 Å². The van der Waals surface area contributed by atoms with Gasteiger partial charge in [-0.1, -0.05) is 0 Å². The highest BCUT2D eigenvalue weighted by molar-refractivity contribution is 5.93. The van der Waals surface area contributed by atoms with E-state index in [0.717, 1.165) is 16.9 Å². The van der Waals surface area contributed by atoms with Gasteiger partial charge in [0.05, 0.1) is 5.56 Å². The largest absolute Gasteiger partial charge is 0.478 e. The predicted octanol–water partition coefficient (Wildman–Crippen LogP) is 0.323. The molecule has 100 valence electrons. The molecule has 0 spiro atoms. The SMILES string of the molecule is O=C(O)c1cnc2nc(NC(=O)C(F)(F)F)nn2c1. The van der Waals surface area contributed by atoms with E-state index >= 15 is 0 Å². The summed E-state index contributed by atoms with van der Waals surface area (Å²) in [7, 11) is 0. The first kappa shape index (κ1) is 12.7. The minimum Gasteiger partial charge on any atom is -0.478 e. The molecule has 2 aromatic rings. The quantitative estimate of drug-likeness (QED) is 0.817. The molecule has 0 radical (unpaired) electrons. The van der Waals surface area contributed by atoms with Crippen molar-refractivity contribution in [1.29, 1.82) is 0 Å². The molecule has 0 unspecified atom stereocenters. The van der Waals surface area contributed by atoms with Crippen LogP contribution in [0.15, 0.2) is 12.4 Å². The Morgan fingerprint density at radius 3 is 2.63 bits per heavy atom. The van der Waals surface area contributed by atoms with Crippen LogP contribution in [0.1, 0.15) is 10.4 Å². The normalized spacial score (nSPS) is 11.5. The number of halogens is 3. The fraction of sp³-hybridized carbons (Fsp3) is 0.125. The van der Waals surface area contributed by atoms with Crippen molar-refractivity contribution >= 4 is 23.6 Å². The van der Waals surface area contributed by atoms with Crippen molar-refractivity contribution in [2.75, 3.05) is 5.32 Å². The van der Waals surface area contributed by atoms with E-state index in [0.29, 0.717) is 0 Å². The van der Waals surface area contributed by atoms with Gasteiger partial charge in [0.1, 0.15) is 0 Å². The Hall–Kier alpha value is -2.72.